The van der Waals surface area contributed by atoms with Gasteiger partial charge in [0.1, 0.15) is 18.1 Å². The third kappa shape index (κ3) is 4.67. The van der Waals surface area contributed by atoms with Crippen molar-refractivity contribution >= 4 is 11.5 Å². The molecule has 1 unspecified atom stereocenters. The van der Waals surface area contributed by atoms with Gasteiger partial charge in [-0.15, -0.1) is 4.91 Å². The van der Waals surface area contributed by atoms with Crippen molar-refractivity contribution in [2.75, 3.05) is 18.0 Å². The summed E-state index contributed by atoms with van der Waals surface area (Å²) in [5.41, 5.74) is 4.13. The van der Waals surface area contributed by atoms with Crippen LogP contribution in [0.15, 0.2) is 88.6 Å². The standard InChI is InChI=1S/C26H27N3O4/c1-5-20-25(21-11-9-8-10-18(21)15-27-31)22-13-12-19(29(6-2)7-3)14-24(22)33-26(20)23(16-28-32)17(4)30/h5,8-14,16,25H,1,6-7,15H2,2-4H3/b23-16+. The second kappa shape index (κ2) is 10.6. The molecule has 0 spiro atoms. The highest BCUT2D eigenvalue weighted by Gasteiger charge is 2.33. The Morgan fingerprint density at radius 1 is 1.12 bits per heavy atom. The zero-order valence-electron chi connectivity index (χ0n) is 19.1. The lowest BCUT2D eigenvalue weighted by Crippen LogP contribution is -2.23. The van der Waals surface area contributed by atoms with Crippen LogP contribution in [0.3, 0.4) is 0 Å². The lowest BCUT2D eigenvalue weighted by molar-refractivity contribution is -0.113. The lowest BCUT2D eigenvalue weighted by Gasteiger charge is -2.32. The van der Waals surface area contributed by atoms with Crippen molar-refractivity contribution in [2.24, 2.45) is 10.4 Å². The van der Waals surface area contributed by atoms with Crippen molar-refractivity contribution in [3.05, 3.63) is 105 Å². The van der Waals surface area contributed by atoms with Gasteiger partial charge >= 0.3 is 0 Å². The molecule has 0 bridgehead atoms. The number of rotatable bonds is 10. The van der Waals surface area contributed by atoms with Crippen LogP contribution < -0.4 is 9.64 Å². The molecule has 0 fully saturated rings. The summed E-state index contributed by atoms with van der Waals surface area (Å²) in [5, 5.41) is 5.92. The van der Waals surface area contributed by atoms with Gasteiger partial charge in [0.25, 0.3) is 0 Å². The Hall–Kier alpha value is -3.87. The third-order valence-corrected chi connectivity index (χ3v) is 5.85. The predicted molar refractivity (Wildman–Crippen MR) is 130 cm³/mol. The molecule has 0 aromatic heterocycles. The Balaban J connectivity index is 2.34. The Labute approximate surface area is 193 Å². The Morgan fingerprint density at radius 2 is 1.85 bits per heavy atom. The van der Waals surface area contributed by atoms with E-state index in [2.05, 4.69) is 35.7 Å². The molecule has 170 valence electrons. The van der Waals surface area contributed by atoms with Gasteiger partial charge in [0.05, 0.1) is 11.8 Å². The van der Waals surface area contributed by atoms with Crippen LogP contribution in [0, 0.1) is 9.81 Å². The van der Waals surface area contributed by atoms with E-state index >= 15 is 0 Å². The van der Waals surface area contributed by atoms with E-state index in [4.69, 9.17) is 4.74 Å². The molecule has 1 aliphatic rings. The van der Waals surface area contributed by atoms with E-state index < -0.39 is 0 Å². The van der Waals surface area contributed by atoms with Crippen molar-refractivity contribution < 1.29 is 9.53 Å². The summed E-state index contributed by atoms with van der Waals surface area (Å²) in [5.74, 6) is 0.0744. The number of allylic oxidation sites excluding steroid dienone is 3. The number of hydrogen-bond acceptors (Lipinski definition) is 7. The van der Waals surface area contributed by atoms with Crippen molar-refractivity contribution in [1.82, 2.24) is 0 Å². The molecule has 0 amide bonds. The molecular weight excluding hydrogens is 418 g/mol. The minimum atomic E-state index is -0.376. The largest absolute Gasteiger partial charge is 0.456 e. The SMILES string of the molecule is C=CC1=C(/C(=C/N=O)C(C)=O)Oc2cc(N(CC)CC)ccc2C1c1ccccc1CN=O. The van der Waals surface area contributed by atoms with Crippen LogP contribution in [0.1, 0.15) is 43.4 Å². The highest BCUT2D eigenvalue weighted by atomic mass is 16.5. The second-order valence-electron chi connectivity index (χ2n) is 7.61. The van der Waals surface area contributed by atoms with Gasteiger partial charge < -0.3 is 9.64 Å². The molecule has 0 saturated heterocycles. The third-order valence-electron chi connectivity index (χ3n) is 5.85. The van der Waals surface area contributed by atoms with Gasteiger partial charge in [-0.25, -0.2) is 0 Å². The van der Waals surface area contributed by atoms with Gasteiger partial charge in [0.15, 0.2) is 5.78 Å². The molecule has 3 rings (SSSR count). The van der Waals surface area contributed by atoms with Crippen molar-refractivity contribution in [1.29, 1.82) is 0 Å². The number of benzene rings is 2. The van der Waals surface area contributed by atoms with Crippen LogP contribution in [0.25, 0.3) is 0 Å². The van der Waals surface area contributed by atoms with E-state index in [1.807, 2.05) is 42.5 Å². The zero-order valence-corrected chi connectivity index (χ0v) is 19.1. The van der Waals surface area contributed by atoms with Crippen LogP contribution in [0.2, 0.25) is 0 Å². The van der Waals surface area contributed by atoms with Crippen LogP contribution in [0.4, 0.5) is 5.69 Å². The second-order valence-corrected chi connectivity index (χ2v) is 7.61. The fourth-order valence-electron chi connectivity index (χ4n) is 4.25. The van der Waals surface area contributed by atoms with Crippen LogP contribution in [-0.2, 0) is 11.3 Å². The number of ketones is 1. The summed E-state index contributed by atoms with van der Waals surface area (Å²) in [6.07, 6.45) is 2.59. The number of nitrogens with zero attached hydrogens (tertiary/aromatic N) is 3. The zero-order chi connectivity index (χ0) is 24.0. The van der Waals surface area contributed by atoms with Crippen LogP contribution in [0.5, 0.6) is 5.75 Å². The number of carbonyl (C=O) groups excluding carboxylic acids is 1. The number of nitroso groups, excluding NO2 is 2. The Kier molecular flexibility index (Phi) is 7.66. The number of ether oxygens (including phenoxy) is 1. The van der Waals surface area contributed by atoms with Gasteiger partial charge in [-0.05, 0) is 43.1 Å². The number of fused-ring (bicyclic) bond motifs is 1. The summed E-state index contributed by atoms with van der Waals surface area (Å²) in [6, 6.07) is 13.5. The first kappa shape index (κ1) is 23.8. The number of hydrogen-bond donors (Lipinski definition) is 0. The van der Waals surface area contributed by atoms with E-state index in [1.54, 1.807) is 6.08 Å². The summed E-state index contributed by atoms with van der Waals surface area (Å²) in [4.78, 5) is 36.8. The summed E-state index contributed by atoms with van der Waals surface area (Å²) >= 11 is 0. The minimum absolute atomic E-state index is 0.00541. The van der Waals surface area contributed by atoms with Gasteiger partial charge in [-0.3, -0.25) is 4.79 Å². The maximum atomic E-state index is 12.4. The predicted octanol–water partition coefficient (Wildman–Crippen LogP) is 6.00. The molecule has 2 aromatic rings. The summed E-state index contributed by atoms with van der Waals surface area (Å²) in [7, 11) is 0. The van der Waals surface area contributed by atoms with E-state index in [-0.39, 0.29) is 29.6 Å². The smallest absolute Gasteiger partial charge is 0.165 e. The van der Waals surface area contributed by atoms with Crippen molar-refractivity contribution in [3.63, 3.8) is 0 Å². The average Bonchev–Trinajstić information content (AvgIpc) is 2.82. The first-order chi connectivity index (χ1) is 16.0. The molecular formula is C26H27N3O4. The van der Waals surface area contributed by atoms with E-state index in [0.717, 1.165) is 41.7 Å². The first-order valence-corrected chi connectivity index (χ1v) is 10.8. The average molecular weight is 446 g/mol. The van der Waals surface area contributed by atoms with E-state index in [1.165, 1.54) is 6.92 Å². The topological polar surface area (TPSA) is 88.4 Å². The van der Waals surface area contributed by atoms with E-state index in [9.17, 15) is 14.6 Å². The molecule has 0 saturated carbocycles. The molecule has 0 N–H and O–H groups in total. The fourth-order valence-corrected chi connectivity index (χ4v) is 4.25. The number of anilines is 1. The highest BCUT2D eigenvalue weighted by molar-refractivity contribution is 5.97. The molecule has 7 nitrogen and oxygen atoms in total. The molecule has 2 aromatic carbocycles. The van der Waals surface area contributed by atoms with Crippen LogP contribution >= 0.6 is 0 Å². The molecule has 1 heterocycles. The van der Waals surface area contributed by atoms with Crippen molar-refractivity contribution in [3.8, 4) is 5.75 Å². The molecule has 7 heteroatoms. The van der Waals surface area contributed by atoms with Gasteiger partial charge in [-0.1, -0.05) is 48.2 Å². The lowest BCUT2D eigenvalue weighted by atomic mass is 9.79. The molecule has 1 aliphatic heterocycles. The van der Waals surface area contributed by atoms with Crippen LogP contribution in [-0.4, -0.2) is 18.9 Å². The monoisotopic (exact) mass is 445 g/mol. The fraction of sp³-hybridized carbons (Fsp3) is 0.269. The normalized spacial score (nSPS) is 15.4. The summed E-state index contributed by atoms with van der Waals surface area (Å²) < 4.78 is 6.25. The highest BCUT2D eigenvalue weighted by Crippen LogP contribution is 2.47. The van der Waals surface area contributed by atoms with Gasteiger partial charge in [0, 0.05) is 41.9 Å². The quantitative estimate of drug-likeness (QED) is 0.330. The maximum absolute atomic E-state index is 12.4. The number of carbonyl (C=O) groups is 1. The Bertz CT molecular complexity index is 1150. The van der Waals surface area contributed by atoms with Gasteiger partial charge in [-0.2, -0.15) is 4.91 Å². The number of Topliss-reactive ketones (excluding diaryl/α,β-unsaturated/α-hetero) is 1. The first-order valence-electron chi connectivity index (χ1n) is 10.8. The van der Waals surface area contributed by atoms with E-state index in [0.29, 0.717) is 11.3 Å². The summed E-state index contributed by atoms with van der Waals surface area (Å²) in [6.45, 7) is 11.1. The maximum Gasteiger partial charge on any atom is 0.165 e. The minimum Gasteiger partial charge on any atom is -0.456 e. The molecule has 33 heavy (non-hydrogen) atoms. The molecule has 0 radical (unpaired) electrons. The molecule has 1 atom stereocenters. The molecule has 0 aliphatic carbocycles. The van der Waals surface area contributed by atoms with Crippen molar-refractivity contribution in [2.45, 2.75) is 33.2 Å². The van der Waals surface area contributed by atoms with Gasteiger partial charge in [0.2, 0.25) is 0 Å². The Morgan fingerprint density at radius 3 is 2.45 bits per heavy atom.